The third-order valence-corrected chi connectivity index (χ3v) is 5.70. The maximum Gasteiger partial charge on any atom is 0.289 e. The van der Waals surface area contributed by atoms with Gasteiger partial charge in [-0.3, -0.25) is 10.1 Å². The summed E-state index contributed by atoms with van der Waals surface area (Å²) in [7, 11) is -1.10. The van der Waals surface area contributed by atoms with Crippen LogP contribution in [-0.2, 0) is 19.5 Å². The van der Waals surface area contributed by atoms with Crippen molar-refractivity contribution in [1.29, 1.82) is 0 Å². The molecule has 122 valence electrons. The van der Waals surface area contributed by atoms with E-state index in [0.29, 0.717) is 12.8 Å². The Morgan fingerprint density at radius 1 is 1.27 bits per heavy atom. The van der Waals surface area contributed by atoms with Gasteiger partial charge in [-0.25, -0.2) is 8.42 Å². The number of nitro benzene ring substituents is 1. The fraction of sp³-hybridized carbons (Fsp3) is 0.538. The Bertz CT molecular complexity index is 656. The van der Waals surface area contributed by atoms with Gasteiger partial charge in [-0.2, -0.15) is 4.31 Å². The van der Waals surface area contributed by atoms with Gasteiger partial charge in [0.15, 0.2) is 10.7 Å². The Kier molecular flexibility index (Phi) is 4.81. The number of rotatable bonds is 5. The molecule has 8 nitrogen and oxygen atoms in total. The average molecular weight is 330 g/mol. The summed E-state index contributed by atoms with van der Waals surface area (Å²) in [5, 5.41) is 11.1. The van der Waals surface area contributed by atoms with Crippen molar-refractivity contribution in [3.63, 3.8) is 0 Å². The second-order valence-corrected chi connectivity index (χ2v) is 6.89. The Labute approximate surface area is 128 Å². The molecule has 0 aliphatic carbocycles. The number of nitrogens with zero attached hydrogens (tertiary/aromatic N) is 2. The fourth-order valence-corrected chi connectivity index (χ4v) is 4.21. The number of nitro groups is 1. The van der Waals surface area contributed by atoms with Gasteiger partial charge in [0.05, 0.1) is 11.5 Å². The van der Waals surface area contributed by atoms with Crippen LogP contribution in [0.3, 0.4) is 0 Å². The van der Waals surface area contributed by atoms with Crippen molar-refractivity contribution in [2.24, 2.45) is 0 Å². The van der Waals surface area contributed by atoms with Gasteiger partial charge in [0, 0.05) is 33.3 Å². The summed E-state index contributed by atoms with van der Waals surface area (Å²) < 4.78 is 37.3. The van der Waals surface area contributed by atoms with Crippen molar-refractivity contribution in [3.8, 4) is 0 Å². The molecule has 0 unspecified atom stereocenters. The van der Waals surface area contributed by atoms with E-state index in [-0.39, 0.29) is 18.0 Å². The van der Waals surface area contributed by atoms with Crippen LogP contribution in [0.15, 0.2) is 29.2 Å². The third kappa shape index (κ3) is 2.98. The van der Waals surface area contributed by atoms with Crippen molar-refractivity contribution in [2.45, 2.75) is 23.5 Å². The molecule has 0 spiro atoms. The monoisotopic (exact) mass is 330 g/mol. The molecule has 22 heavy (non-hydrogen) atoms. The van der Waals surface area contributed by atoms with Crippen LogP contribution >= 0.6 is 0 Å². The van der Waals surface area contributed by atoms with E-state index in [1.165, 1.54) is 42.8 Å². The third-order valence-electron chi connectivity index (χ3n) is 3.81. The van der Waals surface area contributed by atoms with Crippen molar-refractivity contribution >= 4 is 15.7 Å². The number of benzene rings is 1. The number of ether oxygens (including phenoxy) is 2. The van der Waals surface area contributed by atoms with Crippen LogP contribution in [0.5, 0.6) is 0 Å². The molecular formula is C13H18N2O6S. The molecule has 1 aromatic rings. The molecule has 0 saturated carbocycles. The largest absolute Gasteiger partial charge is 0.352 e. The van der Waals surface area contributed by atoms with Gasteiger partial charge < -0.3 is 9.47 Å². The quantitative estimate of drug-likeness (QED) is 0.459. The maximum atomic E-state index is 12.7. The summed E-state index contributed by atoms with van der Waals surface area (Å²) in [6.45, 7) is 0.261. The van der Waals surface area contributed by atoms with Crippen LogP contribution in [0, 0.1) is 10.1 Å². The lowest BCUT2D eigenvalue weighted by atomic mass is 10.1. The molecule has 1 saturated heterocycles. The molecule has 0 amide bonds. The van der Waals surface area contributed by atoms with Crippen molar-refractivity contribution in [2.75, 3.05) is 27.3 Å². The lowest BCUT2D eigenvalue weighted by molar-refractivity contribution is -0.387. The minimum absolute atomic E-state index is 0.00557. The summed E-state index contributed by atoms with van der Waals surface area (Å²) in [5.74, 6) is -1.02. The average Bonchev–Trinajstić information content (AvgIpc) is 2.54. The standard InChI is InChI=1S/C13H18N2O6S/c1-20-13(21-2)8-5-9-14(10-13)22(18,19)12-7-4-3-6-11(12)15(16)17/h3-4,6-7H,5,8-10H2,1-2H3. The highest BCUT2D eigenvalue weighted by Gasteiger charge is 2.42. The molecule has 1 heterocycles. The fourth-order valence-electron chi connectivity index (χ4n) is 2.54. The first kappa shape index (κ1) is 16.8. The van der Waals surface area contributed by atoms with E-state index in [4.69, 9.17) is 9.47 Å². The predicted octanol–water partition coefficient (Wildman–Crippen LogP) is 1.37. The second-order valence-electron chi connectivity index (χ2n) is 4.99. The molecule has 0 aromatic heterocycles. The van der Waals surface area contributed by atoms with E-state index >= 15 is 0 Å². The zero-order valence-corrected chi connectivity index (χ0v) is 13.2. The van der Waals surface area contributed by atoms with Gasteiger partial charge in [0.1, 0.15) is 0 Å². The minimum atomic E-state index is -4.00. The SMILES string of the molecule is COC1(OC)CCCN(S(=O)(=O)c2ccccc2[N+](=O)[O-])C1. The van der Waals surface area contributed by atoms with E-state index in [9.17, 15) is 18.5 Å². The topological polar surface area (TPSA) is 99.0 Å². The lowest BCUT2D eigenvalue weighted by Crippen LogP contribution is -2.52. The van der Waals surface area contributed by atoms with Gasteiger partial charge in [-0.15, -0.1) is 0 Å². The maximum absolute atomic E-state index is 12.7. The summed E-state index contributed by atoms with van der Waals surface area (Å²) in [6.07, 6.45) is 1.10. The van der Waals surface area contributed by atoms with E-state index in [1.54, 1.807) is 0 Å². The Morgan fingerprint density at radius 2 is 1.91 bits per heavy atom. The van der Waals surface area contributed by atoms with Crippen LogP contribution < -0.4 is 0 Å². The van der Waals surface area contributed by atoms with Gasteiger partial charge in [0.25, 0.3) is 5.69 Å². The van der Waals surface area contributed by atoms with E-state index in [2.05, 4.69) is 0 Å². The highest BCUT2D eigenvalue weighted by atomic mass is 32.2. The number of para-hydroxylation sites is 1. The first-order valence-electron chi connectivity index (χ1n) is 6.70. The summed E-state index contributed by atoms with van der Waals surface area (Å²) in [6, 6.07) is 5.31. The second kappa shape index (κ2) is 6.29. The highest BCUT2D eigenvalue weighted by Crippen LogP contribution is 2.32. The molecule has 1 fully saturated rings. The number of hydrogen-bond acceptors (Lipinski definition) is 6. The van der Waals surface area contributed by atoms with E-state index < -0.39 is 26.4 Å². The number of piperidine rings is 1. The molecule has 1 aromatic carbocycles. The van der Waals surface area contributed by atoms with E-state index in [0.717, 1.165) is 0 Å². The smallest absolute Gasteiger partial charge is 0.289 e. The molecule has 1 aliphatic rings. The zero-order chi connectivity index (χ0) is 16.4. The highest BCUT2D eigenvalue weighted by molar-refractivity contribution is 7.89. The van der Waals surface area contributed by atoms with Crippen LogP contribution in [0.2, 0.25) is 0 Å². The molecule has 0 N–H and O–H groups in total. The van der Waals surface area contributed by atoms with Gasteiger partial charge in [-0.1, -0.05) is 12.1 Å². The number of hydrogen-bond donors (Lipinski definition) is 0. The Hall–Kier alpha value is -1.55. The van der Waals surface area contributed by atoms with Crippen molar-refractivity contribution in [1.82, 2.24) is 4.31 Å². The molecule has 0 bridgehead atoms. The lowest BCUT2D eigenvalue weighted by Gasteiger charge is -2.39. The van der Waals surface area contributed by atoms with Crippen LogP contribution in [-0.4, -0.2) is 50.7 Å². The van der Waals surface area contributed by atoms with Crippen molar-refractivity contribution < 1.29 is 22.8 Å². The summed E-state index contributed by atoms with van der Waals surface area (Å²) >= 11 is 0. The Morgan fingerprint density at radius 3 is 2.50 bits per heavy atom. The molecule has 2 rings (SSSR count). The first-order valence-corrected chi connectivity index (χ1v) is 8.14. The van der Waals surface area contributed by atoms with Gasteiger partial charge in [-0.05, 0) is 12.5 Å². The summed E-state index contributed by atoms with van der Waals surface area (Å²) in [5.41, 5.74) is -0.437. The predicted molar refractivity (Wildman–Crippen MR) is 77.8 cm³/mol. The number of methoxy groups -OCH3 is 2. The normalized spacial score (nSPS) is 19.0. The first-order chi connectivity index (χ1) is 10.4. The van der Waals surface area contributed by atoms with Gasteiger partial charge in [0.2, 0.25) is 10.0 Å². The van der Waals surface area contributed by atoms with E-state index in [1.807, 2.05) is 0 Å². The molecule has 1 aliphatic heterocycles. The van der Waals surface area contributed by atoms with Gasteiger partial charge >= 0.3 is 0 Å². The summed E-state index contributed by atoms with van der Waals surface area (Å²) in [4.78, 5) is 10.0. The van der Waals surface area contributed by atoms with Crippen LogP contribution in [0.25, 0.3) is 0 Å². The van der Waals surface area contributed by atoms with Crippen LogP contribution in [0.4, 0.5) is 5.69 Å². The van der Waals surface area contributed by atoms with Crippen molar-refractivity contribution in [3.05, 3.63) is 34.4 Å². The molecule has 9 heteroatoms. The molecule has 0 radical (unpaired) electrons. The Balaban J connectivity index is 2.41. The van der Waals surface area contributed by atoms with Crippen LogP contribution in [0.1, 0.15) is 12.8 Å². The molecule has 0 atom stereocenters. The minimum Gasteiger partial charge on any atom is -0.352 e. The molecular weight excluding hydrogens is 312 g/mol. The zero-order valence-electron chi connectivity index (χ0n) is 12.4. The number of sulfonamides is 1.